The Morgan fingerprint density at radius 2 is 2.04 bits per heavy atom. The van der Waals surface area contributed by atoms with Gasteiger partial charge in [0.2, 0.25) is 5.91 Å². The van der Waals surface area contributed by atoms with Crippen LogP contribution in [0, 0.1) is 0 Å². The average molecular weight is 320 g/mol. The molecule has 1 amide bonds. The minimum atomic E-state index is -0.777. The molecule has 2 rings (SSSR count). The Balaban J connectivity index is 1.91. The minimum absolute atomic E-state index is 0.0745. The first-order valence-corrected chi connectivity index (χ1v) is 8.42. The van der Waals surface area contributed by atoms with Gasteiger partial charge in [0.1, 0.15) is 5.75 Å². The zero-order chi connectivity index (χ0) is 16.9. The van der Waals surface area contributed by atoms with Gasteiger partial charge in [0.05, 0.1) is 17.7 Å². The molecular formula is C18H28N2O3. The first-order valence-electron chi connectivity index (χ1n) is 8.42. The molecule has 0 bridgehead atoms. The molecule has 5 heteroatoms. The predicted molar refractivity (Wildman–Crippen MR) is 90.2 cm³/mol. The first-order chi connectivity index (χ1) is 10.9. The number of rotatable bonds is 6. The number of nitrogens with one attached hydrogen (secondary N) is 1. The van der Waals surface area contributed by atoms with Gasteiger partial charge < -0.3 is 20.9 Å². The Kier molecular flexibility index (Phi) is 6.02. The molecule has 1 aliphatic rings. The van der Waals surface area contributed by atoms with Crippen LogP contribution in [0.1, 0.15) is 57.6 Å². The van der Waals surface area contributed by atoms with E-state index in [1.165, 1.54) is 0 Å². The summed E-state index contributed by atoms with van der Waals surface area (Å²) in [5.41, 5.74) is 6.14. The summed E-state index contributed by atoms with van der Waals surface area (Å²) in [6, 6.07) is 7.31. The Labute approximate surface area is 138 Å². The van der Waals surface area contributed by atoms with E-state index in [9.17, 15) is 9.90 Å². The lowest BCUT2D eigenvalue weighted by Crippen LogP contribution is -2.55. The van der Waals surface area contributed by atoms with Crippen molar-refractivity contribution in [1.29, 1.82) is 0 Å². The molecule has 1 aliphatic carbocycles. The highest BCUT2D eigenvalue weighted by atomic mass is 16.5. The summed E-state index contributed by atoms with van der Waals surface area (Å²) in [4.78, 5) is 12.3. The van der Waals surface area contributed by atoms with E-state index in [0.29, 0.717) is 18.6 Å². The van der Waals surface area contributed by atoms with Crippen LogP contribution in [0.5, 0.6) is 5.75 Å². The van der Waals surface area contributed by atoms with Gasteiger partial charge in [0.15, 0.2) is 0 Å². The van der Waals surface area contributed by atoms with E-state index >= 15 is 0 Å². The first kappa shape index (κ1) is 17.8. The molecular weight excluding hydrogens is 292 g/mol. The SMILES string of the molecule is CC(C)Oc1cccc(C(O)CNC(=O)C2(N)CCCCC2)c1. The number of amides is 1. The van der Waals surface area contributed by atoms with Crippen LogP contribution in [0.2, 0.25) is 0 Å². The van der Waals surface area contributed by atoms with Crippen LogP contribution < -0.4 is 15.8 Å². The molecule has 0 heterocycles. The number of carbonyl (C=O) groups is 1. The summed E-state index contributed by atoms with van der Waals surface area (Å²) >= 11 is 0. The number of carbonyl (C=O) groups excluding carboxylic acids is 1. The third kappa shape index (κ3) is 4.94. The second-order valence-corrected chi connectivity index (χ2v) is 6.68. The highest BCUT2D eigenvalue weighted by molar-refractivity contribution is 5.86. The fourth-order valence-electron chi connectivity index (χ4n) is 2.96. The summed E-state index contributed by atoms with van der Waals surface area (Å²) in [7, 11) is 0. The minimum Gasteiger partial charge on any atom is -0.491 e. The summed E-state index contributed by atoms with van der Waals surface area (Å²) in [6.07, 6.45) is 3.84. The number of ether oxygens (including phenoxy) is 1. The van der Waals surface area contributed by atoms with Gasteiger partial charge in [-0.2, -0.15) is 0 Å². The molecule has 1 aromatic rings. The third-order valence-corrected chi connectivity index (χ3v) is 4.27. The van der Waals surface area contributed by atoms with Crippen LogP contribution in [0.4, 0.5) is 0 Å². The second kappa shape index (κ2) is 7.79. The van der Waals surface area contributed by atoms with Gasteiger partial charge >= 0.3 is 0 Å². The predicted octanol–water partition coefficient (Wildman–Crippen LogP) is 2.28. The van der Waals surface area contributed by atoms with Crippen LogP contribution in [0.15, 0.2) is 24.3 Å². The number of benzene rings is 1. The maximum atomic E-state index is 12.3. The van der Waals surface area contributed by atoms with E-state index in [0.717, 1.165) is 24.8 Å². The van der Waals surface area contributed by atoms with Crippen LogP contribution in [0.25, 0.3) is 0 Å². The largest absolute Gasteiger partial charge is 0.491 e. The van der Waals surface area contributed by atoms with E-state index in [2.05, 4.69) is 5.32 Å². The van der Waals surface area contributed by atoms with Crippen molar-refractivity contribution in [1.82, 2.24) is 5.32 Å². The summed E-state index contributed by atoms with van der Waals surface area (Å²) in [5, 5.41) is 13.1. The van der Waals surface area contributed by atoms with Crippen molar-refractivity contribution in [2.45, 2.75) is 63.7 Å². The molecule has 1 atom stereocenters. The van der Waals surface area contributed by atoms with E-state index in [4.69, 9.17) is 10.5 Å². The highest BCUT2D eigenvalue weighted by Crippen LogP contribution is 2.26. The second-order valence-electron chi connectivity index (χ2n) is 6.68. The molecule has 128 valence electrons. The quantitative estimate of drug-likeness (QED) is 0.751. The summed E-state index contributed by atoms with van der Waals surface area (Å²) in [5.74, 6) is 0.552. The van der Waals surface area contributed by atoms with Gasteiger partial charge in [-0.05, 0) is 44.4 Å². The molecule has 0 radical (unpaired) electrons. The fourth-order valence-corrected chi connectivity index (χ4v) is 2.96. The smallest absolute Gasteiger partial charge is 0.240 e. The van der Waals surface area contributed by atoms with Crippen molar-refractivity contribution >= 4 is 5.91 Å². The molecule has 1 aromatic carbocycles. The highest BCUT2D eigenvalue weighted by Gasteiger charge is 2.35. The molecule has 0 aliphatic heterocycles. The van der Waals surface area contributed by atoms with Gasteiger partial charge in [-0.3, -0.25) is 4.79 Å². The molecule has 0 saturated heterocycles. The molecule has 4 N–H and O–H groups in total. The number of hydrogen-bond donors (Lipinski definition) is 3. The molecule has 1 saturated carbocycles. The van der Waals surface area contributed by atoms with Crippen LogP contribution in [-0.4, -0.2) is 29.2 Å². The maximum Gasteiger partial charge on any atom is 0.240 e. The standard InChI is InChI=1S/C18H28N2O3/c1-13(2)23-15-8-6-7-14(11-15)16(21)12-20-17(22)18(19)9-4-3-5-10-18/h6-8,11,13,16,21H,3-5,9-10,12,19H2,1-2H3,(H,20,22). The molecule has 0 spiro atoms. The van der Waals surface area contributed by atoms with Gasteiger partial charge in [-0.15, -0.1) is 0 Å². The van der Waals surface area contributed by atoms with Gasteiger partial charge in [-0.1, -0.05) is 31.4 Å². The monoisotopic (exact) mass is 320 g/mol. The number of aliphatic hydroxyl groups excluding tert-OH is 1. The molecule has 0 aromatic heterocycles. The molecule has 1 unspecified atom stereocenters. The number of aliphatic hydroxyl groups is 1. The Bertz CT molecular complexity index is 525. The Hall–Kier alpha value is -1.59. The Morgan fingerprint density at radius 3 is 2.70 bits per heavy atom. The van der Waals surface area contributed by atoms with Crippen molar-refractivity contribution in [3.8, 4) is 5.75 Å². The zero-order valence-electron chi connectivity index (χ0n) is 14.0. The molecule has 23 heavy (non-hydrogen) atoms. The maximum absolute atomic E-state index is 12.3. The normalized spacial score (nSPS) is 18.5. The topological polar surface area (TPSA) is 84.6 Å². The van der Waals surface area contributed by atoms with E-state index in [1.54, 1.807) is 6.07 Å². The Morgan fingerprint density at radius 1 is 1.35 bits per heavy atom. The molecule has 1 fully saturated rings. The third-order valence-electron chi connectivity index (χ3n) is 4.27. The summed E-state index contributed by atoms with van der Waals surface area (Å²) < 4.78 is 5.62. The van der Waals surface area contributed by atoms with Crippen molar-refractivity contribution < 1.29 is 14.6 Å². The lowest BCUT2D eigenvalue weighted by molar-refractivity contribution is -0.128. The number of hydrogen-bond acceptors (Lipinski definition) is 4. The van der Waals surface area contributed by atoms with Crippen LogP contribution >= 0.6 is 0 Å². The lowest BCUT2D eigenvalue weighted by atomic mass is 9.82. The van der Waals surface area contributed by atoms with E-state index in [1.807, 2.05) is 32.0 Å². The fraction of sp³-hybridized carbons (Fsp3) is 0.611. The van der Waals surface area contributed by atoms with Gasteiger partial charge in [0.25, 0.3) is 0 Å². The zero-order valence-corrected chi connectivity index (χ0v) is 14.0. The van der Waals surface area contributed by atoms with Gasteiger partial charge in [-0.25, -0.2) is 0 Å². The average Bonchev–Trinajstić information content (AvgIpc) is 2.52. The molecule has 5 nitrogen and oxygen atoms in total. The lowest BCUT2D eigenvalue weighted by Gasteiger charge is -2.32. The summed E-state index contributed by atoms with van der Waals surface area (Å²) in [6.45, 7) is 4.06. The van der Waals surface area contributed by atoms with Crippen molar-refractivity contribution in [3.63, 3.8) is 0 Å². The van der Waals surface area contributed by atoms with E-state index in [-0.39, 0.29) is 18.6 Å². The van der Waals surface area contributed by atoms with Crippen LogP contribution in [-0.2, 0) is 4.79 Å². The number of nitrogens with two attached hydrogens (primary N) is 1. The van der Waals surface area contributed by atoms with Crippen molar-refractivity contribution in [2.75, 3.05) is 6.54 Å². The van der Waals surface area contributed by atoms with Crippen LogP contribution in [0.3, 0.4) is 0 Å². The van der Waals surface area contributed by atoms with Crippen molar-refractivity contribution in [2.24, 2.45) is 5.73 Å². The van der Waals surface area contributed by atoms with E-state index < -0.39 is 11.6 Å². The van der Waals surface area contributed by atoms with Crippen molar-refractivity contribution in [3.05, 3.63) is 29.8 Å². The van der Waals surface area contributed by atoms with Gasteiger partial charge in [0, 0.05) is 6.54 Å².